The van der Waals surface area contributed by atoms with Gasteiger partial charge in [0.15, 0.2) is 0 Å². The summed E-state index contributed by atoms with van der Waals surface area (Å²) in [7, 11) is 0. The highest BCUT2D eigenvalue weighted by Crippen LogP contribution is 2.28. The third-order valence-corrected chi connectivity index (χ3v) is 5.77. The Balaban J connectivity index is 1.28. The van der Waals surface area contributed by atoms with E-state index in [0.29, 0.717) is 23.7 Å². The molecule has 0 amide bonds. The molecule has 0 saturated carbocycles. The lowest BCUT2D eigenvalue weighted by molar-refractivity contribution is 0.637. The van der Waals surface area contributed by atoms with Crippen molar-refractivity contribution in [2.75, 3.05) is 17.2 Å². The molecule has 0 radical (unpaired) electrons. The molecule has 5 aromatic rings. The molecule has 0 aliphatic rings. The van der Waals surface area contributed by atoms with Crippen LogP contribution in [0.15, 0.2) is 55.1 Å². The summed E-state index contributed by atoms with van der Waals surface area (Å²) in [6.45, 7) is 6.52. The van der Waals surface area contributed by atoms with Gasteiger partial charge in [0.1, 0.15) is 35.9 Å². The van der Waals surface area contributed by atoms with E-state index in [9.17, 15) is 4.39 Å². The van der Waals surface area contributed by atoms with E-state index in [-0.39, 0.29) is 5.82 Å². The zero-order valence-corrected chi connectivity index (χ0v) is 19.2. The van der Waals surface area contributed by atoms with Gasteiger partial charge in [0.05, 0.1) is 11.2 Å². The Morgan fingerprint density at radius 3 is 2.56 bits per heavy atom. The van der Waals surface area contributed by atoms with Gasteiger partial charge >= 0.3 is 0 Å². The Morgan fingerprint density at radius 2 is 1.79 bits per heavy atom. The Bertz CT molecular complexity index is 1440. The number of aryl methyl sites for hydroxylation is 3. The number of rotatable bonds is 7. The van der Waals surface area contributed by atoms with Crippen LogP contribution in [0.1, 0.15) is 22.6 Å². The van der Waals surface area contributed by atoms with E-state index in [2.05, 4.69) is 35.7 Å². The number of hydrogen-bond donors (Lipinski definition) is 3. The van der Waals surface area contributed by atoms with E-state index in [1.807, 2.05) is 57.2 Å². The Hall–Kier alpha value is -4.27. The summed E-state index contributed by atoms with van der Waals surface area (Å²) >= 11 is 0. The normalized spacial score (nSPS) is 11.2. The second-order valence-corrected chi connectivity index (χ2v) is 8.22. The van der Waals surface area contributed by atoms with Gasteiger partial charge in [-0.05, 0) is 68.7 Å². The van der Waals surface area contributed by atoms with Crippen molar-refractivity contribution in [1.29, 1.82) is 0 Å². The largest absolute Gasteiger partial charge is 0.370 e. The predicted octanol–water partition coefficient (Wildman–Crippen LogP) is 5.00. The lowest BCUT2D eigenvalue weighted by atomic mass is 10.0. The van der Waals surface area contributed by atoms with Crippen molar-refractivity contribution >= 4 is 28.2 Å². The molecule has 5 rings (SSSR count). The van der Waals surface area contributed by atoms with Crippen molar-refractivity contribution in [2.45, 2.75) is 27.2 Å². The first-order chi connectivity index (χ1) is 16.5. The van der Waals surface area contributed by atoms with Crippen LogP contribution >= 0.6 is 0 Å². The molecule has 3 N–H and O–H groups in total. The van der Waals surface area contributed by atoms with Crippen LogP contribution in [0.4, 0.5) is 21.7 Å². The summed E-state index contributed by atoms with van der Waals surface area (Å²) in [6, 6.07) is 13.1. The molecule has 0 aliphatic heterocycles. The monoisotopic (exact) mass is 456 g/mol. The van der Waals surface area contributed by atoms with Gasteiger partial charge in [-0.1, -0.05) is 6.07 Å². The van der Waals surface area contributed by atoms with Crippen molar-refractivity contribution in [3.05, 3.63) is 83.6 Å². The predicted molar refractivity (Wildman–Crippen MR) is 131 cm³/mol. The van der Waals surface area contributed by atoms with Crippen LogP contribution in [-0.2, 0) is 6.42 Å². The summed E-state index contributed by atoms with van der Waals surface area (Å²) in [4.78, 5) is 16.2. The summed E-state index contributed by atoms with van der Waals surface area (Å²) in [5.41, 5.74) is 5.57. The van der Waals surface area contributed by atoms with Crippen LogP contribution in [0.25, 0.3) is 16.6 Å². The quantitative estimate of drug-likeness (QED) is 0.319. The molecule has 0 unspecified atom stereocenters. The number of benzene rings is 2. The molecule has 0 bridgehead atoms. The highest BCUT2D eigenvalue weighted by atomic mass is 19.1. The molecule has 8 nitrogen and oxygen atoms in total. The van der Waals surface area contributed by atoms with E-state index in [1.54, 1.807) is 11.0 Å². The van der Waals surface area contributed by atoms with Crippen LogP contribution in [-0.4, -0.2) is 36.3 Å². The highest BCUT2D eigenvalue weighted by Gasteiger charge is 2.14. The van der Waals surface area contributed by atoms with Crippen molar-refractivity contribution in [3.8, 4) is 5.69 Å². The summed E-state index contributed by atoms with van der Waals surface area (Å²) < 4.78 is 15.9. The average molecular weight is 457 g/mol. The van der Waals surface area contributed by atoms with Crippen LogP contribution in [0.5, 0.6) is 0 Å². The molecular formula is C25H25FN8. The first-order valence-electron chi connectivity index (χ1n) is 11.1. The molecule has 9 heteroatoms. The fraction of sp³-hybridized carbons (Fsp3) is 0.200. The number of halogens is 1. The zero-order chi connectivity index (χ0) is 23.7. The molecule has 34 heavy (non-hydrogen) atoms. The Labute approximate surface area is 196 Å². The maximum atomic E-state index is 14.2. The highest BCUT2D eigenvalue weighted by molar-refractivity contribution is 5.88. The first-order valence-corrected chi connectivity index (χ1v) is 11.1. The maximum Gasteiger partial charge on any atom is 0.147 e. The minimum absolute atomic E-state index is 0.223. The minimum atomic E-state index is -0.223. The Kier molecular flexibility index (Phi) is 5.67. The van der Waals surface area contributed by atoms with Crippen LogP contribution in [0.2, 0.25) is 0 Å². The van der Waals surface area contributed by atoms with E-state index < -0.39 is 0 Å². The van der Waals surface area contributed by atoms with Gasteiger partial charge in [0.25, 0.3) is 0 Å². The second kappa shape index (κ2) is 8.93. The zero-order valence-electron chi connectivity index (χ0n) is 19.2. The first kappa shape index (κ1) is 21.6. The number of hydrogen-bond acceptors (Lipinski definition) is 6. The number of nitrogens with one attached hydrogen (secondary N) is 3. The van der Waals surface area contributed by atoms with Gasteiger partial charge < -0.3 is 15.6 Å². The van der Waals surface area contributed by atoms with Gasteiger partial charge in [-0.3, -0.25) is 0 Å². The summed E-state index contributed by atoms with van der Waals surface area (Å²) in [5, 5.41) is 11.8. The fourth-order valence-corrected chi connectivity index (χ4v) is 4.18. The number of nitrogens with zero attached hydrogens (tertiary/aromatic N) is 5. The van der Waals surface area contributed by atoms with Crippen LogP contribution in [0.3, 0.4) is 0 Å². The standard InChI is InChI=1S/C25H25FN8/c1-15-4-9-21(26)25-24(15)20(16(2)30-25)10-11-28-22-12-23(32-17(3)31-22)33-18-5-7-19(8-6-18)34-14-27-13-29-34/h4-9,12-14,30H,10-11H2,1-3H3,(H2,28,31,32,33). The second-order valence-electron chi connectivity index (χ2n) is 8.22. The fourth-order valence-electron chi connectivity index (χ4n) is 4.18. The molecule has 0 fully saturated rings. The molecule has 0 spiro atoms. The van der Waals surface area contributed by atoms with E-state index in [4.69, 9.17) is 0 Å². The molecule has 3 aromatic heterocycles. The van der Waals surface area contributed by atoms with Crippen LogP contribution in [0, 0.1) is 26.6 Å². The van der Waals surface area contributed by atoms with Gasteiger partial charge in [-0.15, -0.1) is 0 Å². The lowest BCUT2D eigenvalue weighted by Crippen LogP contribution is -2.09. The smallest absolute Gasteiger partial charge is 0.147 e. The molecule has 3 heterocycles. The van der Waals surface area contributed by atoms with Crippen molar-refractivity contribution in [2.24, 2.45) is 0 Å². The number of anilines is 3. The summed E-state index contributed by atoms with van der Waals surface area (Å²) in [6.07, 6.45) is 3.90. The number of aromatic nitrogens is 6. The van der Waals surface area contributed by atoms with Crippen molar-refractivity contribution < 1.29 is 4.39 Å². The number of H-pyrrole nitrogens is 1. The average Bonchev–Trinajstić information content (AvgIpc) is 3.46. The van der Waals surface area contributed by atoms with Gasteiger partial charge in [-0.25, -0.2) is 24.0 Å². The van der Waals surface area contributed by atoms with Crippen LogP contribution < -0.4 is 10.6 Å². The molecule has 0 saturated heterocycles. The SMILES string of the molecule is Cc1nc(NCCc2c(C)[nH]c3c(F)ccc(C)c23)cc(Nc2ccc(-n3cncn3)cc2)n1. The van der Waals surface area contributed by atoms with Crippen molar-refractivity contribution in [1.82, 2.24) is 29.7 Å². The third-order valence-electron chi connectivity index (χ3n) is 5.77. The Morgan fingerprint density at radius 1 is 1.00 bits per heavy atom. The van der Waals surface area contributed by atoms with Crippen molar-refractivity contribution in [3.63, 3.8) is 0 Å². The summed E-state index contributed by atoms with van der Waals surface area (Å²) in [5.74, 6) is 1.87. The third kappa shape index (κ3) is 4.32. The lowest BCUT2D eigenvalue weighted by Gasteiger charge is -2.11. The molecule has 172 valence electrons. The molecular weight excluding hydrogens is 431 g/mol. The van der Waals surface area contributed by atoms with E-state index in [1.165, 1.54) is 12.4 Å². The van der Waals surface area contributed by atoms with Gasteiger partial charge in [0.2, 0.25) is 0 Å². The molecule has 0 atom stereocenters. The van der Waals surface area contributed by atoms with Gasteiger partial charge in [-0.2, -0.15) is 5.10 Å². The van der Waals surface area contributed by atoms with E-state index in [0.717, 1.165) is 45.8 Å². The number of fused-ring (bicyclic) bond motifs is 1. The number of aromatic amines is 1. The molecule has 2 aromatic carbocycles. The van der Waals surface area contributed by atoms with Gasteiger partial charge in [0, 0.05) is 29.4 Å². The van der Waals surface area contributed by atoms with E-state index >= 15 is 0 Å². The minimum Gasteiger partial charge on any atom is -0.370 e. The maximum absolute atomic E-state index is 14.2. The molecule has 0 aliphatic carbocycles. The topological polar surface area (TPSA) is 96.3 Å².